The molecule has 0 saturated heterocycles. The number of rotatable bonds is 5. The first-order valence-electron chi connectivity index (χ1n) is 6.68. The summed E-state index contributed by atoms with van der Waals surface area (Å²) in [4.78, 5) is 10.3. The first kappa shape index (κ1) is 17.4. The van der Waals surface area contributed by atoms with E-state index in [4.69, 9.17) is 8.95 Å². The minimum absolute atomic E-state index is 0.0391. The molecule has 1 aromatic carbocycles. The summed E-state index contributed by atoms with van der Waals surface area (Å²) in [5.74, 6) is 0.395. The van der Waals surface area contributed by atoms with Gasteiger partial charge in [-0.05, 0) is 51.4 Å². The van der Waals surface area contributed by atoms with Crippen LogP contribution in [0.5, 0.6) is 0 Å². The molecule has 1 aromatic rings. The van der Waals surface area contributed by atoms with Crippen LogP contribution >= 0.6 is 0 Å². The Hall–Kier alpha value is -1.68. The number of hydrogen-bond donors (Lipinski definition) is 0. The van der Waals surface area contributed by atoms with Crippen LogP contribution in [0.25, 0.3) is 0 Å². The molecule has 1 rings (SSSR count). The van der Waals surface area contributed by atoms with Gasteiger partial charge >= 0.3 is 0 Å². The molecule has 0 N–H and O–H groups in total. The molecule has 8 heteroatoms. The summed E-state index contributed by atoms with van der Waals surface area (Å²) in [6.07, 6.45) is 0. The number of oxime groups is 1. The summed E-state index contributed by atoms with van der Waals surface area (Å²) in [5, 5.41) is 14.8. The molecular formula is C13H22N2O4Si2. The SMILES string of the molecule is C[Si](C)(C)O/N=C(\O[Si](C)(C)C)c1ccc([N+](=O)[O-])cc1. The molecule has 0 unspecified atom stereocenters. The maximum atomic E-state index is 10.7. The van der Waals surface area contributed by atoms with Gasteiger partial charge in [-0.3, -0.25) is 10.1 Å². The largest absolute Gasteiger partial charge is 0.529 e. The van der Waals surface area contributed by atoms with Gasteiger partial charge in [-0.2, -0.15) is 0 Å². The van der Waals surface area contributed by atoms with Crippen molar-refractivity contribution in [3.8, 4) is 0 Å². The van der Waals surface area contributed by atoms with Gasteiger partial charge in [-0.1, -0.05) is 5.16 Å². The Morgan fingerprint density at radius 3 is 1.95 bits per heavy atom. The Morgan fingerprint density at radius 1 is 1.05 bits per heavy atom. The predicted octanol–water partition coefficient (Wildman–Crippen LogP) is 3.96. The Morgan fingerprint density at radius 2 is 1.57 bits per heavy atom. The van der Waals surface area contributed by atoms with Crippen LogP contribution in [0.2, 0.25) is 39.3 Å². The number of nitro groups is 1. The fourth-order valence-corrected chi connectivity index (χ4v) is 2.42. The molecule has 0 heterocycles. The van der Waals surface area contributed by atoms with Crippen molar-refractivity contribution in [1.29, 1.82) is 0 Å². The van der Waals surface area contributed by atoms with Crippen LogP contribution < -0.4 is 0 Å². The quantitative estimate of drug-likeness (QED) is 0.270. The molecule has 21 heavy (non-hydrogen) atoms. The summed E-state index contributed by atoms with van der Waals surface area (Å²) >= 11 is 0. The van der Waals surface area contributed by atoms with Crippen molar-refractivity contribution in [1.82, 2.24) is 0 Å². The van der Waals surface area contributed by atoms with E-state index in [-0.39, 0.29) is 5.69 Å². The highest BCUT2D eigenvalue weighted by Gasteiger charge is 2.23. The molecule has 0 aliphatic rings. The van der Waals surface area contributed by atoms with Crippen molar-refractivity contribution < 1.29 is 13.9 Å². The molecule has 0 radical (unpaired) electrons. The normalized spacial score (nSPS) is 13.0. The van der Waals surface area contributed by atoms with Gasteiger partial charge in [0.2, 0.25) is 14.2 Å². The molecule has 116 valence electrons. The van der Waals surface area contributed by atoms with Crippen LogP contribution in [-0.4, -0.2) is 27.5 Å². The number of hydrogen-bond acceptors (Lipinski definition) is 5. The van der Waals surface area contributed by atoms with Gasteiger partial charge in [0.25, 0.3) is 14.0 Å². The Labute approximate surface area is 127 Å². The number of benzene rings is 1. The van der Waals surface area contributed by atoms with Crippen molar-refractivity contribution in [3.05, 3.63) is 39.9 Å². The molecule has 0 amide bonds. The highest BCUT2D eigenvalue weighted by atomic mass is 28.4. The standard InChI is InChI=1S/C13H22N2O4Si2/c1-20(2,3)18-13(14-19-21(4,5)6)11-7-9-12(10-8-11)15(16)17/h7-10H,1-6H3/b14-13-. The van der Waals surface area contributed by atoms with Gasteiger partial charge < -0.3 is 8.95 Å². The van der Waals surface area contributed by atoms with Crippen LogP contribution in [0, 0.1) is 10.1 Å². The molecular weight excluding hydrogens is 304 g/mol. The maximum Gasteiger partial charge on any atom is 0.278 e. The van der Waals surface area contributed by atoms with Crippen LogP contribution in [0.1, 0.15) is 5.56 Å². The fraction of sp³-hybridized carbons (Fsp3) is 0.462. The second-order valence-electron chi connectivity index (χ2n) is 6.62. The zero-order chi connectivity index (χ0) is 16.3. The van der Waals surface area contributed by atoms with Crippen molar-refractivity contribution in [2.24, 2.45) is 5.16 Å². The minimum atomic E-state index is -1.86. The molecule has 0 saturated carbocycles. The van der Waals surface area contributed by atoms with E-state index in [2.05, 4.69) is 5.16 Å². The highest BCUT2D eigenvalue weighted by Crippen LogP contribution is 2.16. The summed E-state index contributed by atoms with van der Waals surface area (Å²) in [7, 11) is -3.68. The van der Waals surface area contributed by atoms with E-state index in [0.717, 1.165) is 0 Å². The molecule has 0 aromatic heterocycles. The molecule has 0 aliphatic carbocycles. The molecule has 6 nitrogen and oxygen atoms in total. The van der Waals surface area contributed by atoms with Gasteiger partial charge in [0, 0.05) is 17.7 Å². The third kappa shape index (κ3) is 6.54. The fourth-order valence-electron chi connectivity index (χ4n) is 1.32. The van der Waals surface area contributed by atoms with Crippen molar-refractivity contribution in [2.45, 2.75) is 39.3 Å². The van der Waals surface area contributed by atoms with Gasteiger partial charge in [0.05, 0.1) is 4.92 Å². The van der Waals surface area contributed by atoms with Crippen LogP contribution in [0.4, 0.5) is 5.69 Å². The van der Waals surface area contributed by atoms with Crippen molar-refractivity contribution >= 4 is 28.2 Å². The highest BCUT2D eigenvalue weighted by molar-refractivity contribution is 6.71. The van der Waals surface area contributed by atoms with E-state index >= 15 is 0 Å². The van der Waals surface area contributed by atoms with Crippen LogP contribution in [-0.2, 0) is 8.95 Å². The monoisotopic (exact) mass is 326 g/mol. The van der Waals surface area contributed by atoms with E-state index in [1.807, 2.05) is 39.3 Å². The zero-order valence-corrected chi connectivity index (χ0v) is 15.3. The third-order valence-corrected chi connectivity index (χ3v) is 3.58. The Kier molecular flexibility index (Phi) is 5.29. The smallest absolute Gasteiger partial charge is 0.278 e. The third-order valence-electron chi connectivity index (χ3n) is 2.13. The summed E-state index contributed by atoms with van der Waals surface area (Å²) < 4.78 is 11.5. The van der Waals surface area contributed by atoms with Gasteiger partial charge in [-0.25, -0.2) is 0 Å². The number of nitrogens with zero attached hydrogens (tertiary/aromatic N) is 2. The van der Waals surface area contributed by atoms with Gasteiger partial charge in [0.15, 0.2) is 0 Å². The van der Waals surface area contributed by atoms with Crippen molar-refractivity contribution in [3.63, 3.8) is 0 Å². The van der Waals surface area contributed by atoms with E-state index in [1.54, 1.807) is 12.1 Å². The Balaban J connectivity index is 3.08. The van der Waals surface area contributed by atoms with Crippen molar-refractivity contribution in [2.75, 3.05) is 0 Å². The lowest BCUT2D eigenvalue weighted by Gasteiger charge is -2.22. The van der Waals surface area contributed by atoms with Crippen LogP contribution in [0.15, 0.2) is 29.4 Å². The molecule has 0 spiro atoms. The summed E-state index contributed by atoms with van der Waals surface area (Å²) in [6, 6.07) is 6.13. The molecule has 0 atom stereocenters. The molecule has 0 bridgehead atoms. The average molecular weight is 327 g/mol. The zero-order valence-electron chi connectivity index (χ0n) is 13.3. The number of nitro benzene ring substituents is 1. The lowest BCUT2D eigenvalue weighted by Crippen LogP contribution is -2.31. The topological polar surface area (TPSA) is 74.0 Å². The molecule has 0 fully saturated rings. The predicted molar refractivity (Wildman–Crippen MR) is 88.5 cm³/mol. The first-order chi connectivity index (χ1) is 9.48. The van der Waals surface area contributed by atoms with Gasteiger partial charge in [-0.15, -0.1) is 0 Å². The minimum Gasteiger partial charge on any atom is -0.529 e. The van der Waals surface area contributed by atoms with Gasteiger partial charge in [0.1, 0.15) is 0 Å². The van der Waals surface area contributed by atoms with Crippen LogP contribution in [0.3, 0.4) is 0 Å². The summed E-state index contributed by atoms with van der Waals surface area (Å²) in [6.45, 7) is 12.2. The Bertz CT molecular complexity index is 531. The average Bonchev–Trinajstić information content (AvgIpc) is 2.32. The first-order valence-corrected chi connectivity index (χ1v) is 13.5. The lowest BCUT2D eigenvalue weighted by atomic mass is 10.2. The van der Waals surface area contributed by atoms with E-state index in [0.29, 0.717) is 11.5 Å². The van der Waals surface area contributed by atoms with E-state index < -0.39 is 21.6 Å². The van der Waals surface area contributed by atoms with E-state index in [1.165, 1.54) is 12.1 Å². The second-order valence-corrected chi connectivity index (χ2v) is 15.5. The maximum absolute atomic E-state index is 10.7. The summed E-state index contributed by atoms with van der Waals surface area (Å²) in [5.41, 5.74) is 0.721. The molecule has 0 aliphatic heterocycles. The van der Waals surface area contributed by atoms with E-state index in [9.17, 15) is 10.1 Å². The number of non-ortho nitro benzene ring substituents is 1. The second kappa shape index (κ2) is 6.40. The lowest BCUT2D eigenvalue weighted by molar-refractivity contribution is -0.384.